The van der Waals surface area contributed by atoms with Gasteiger partial charge in [-0.3, -0.25) is 4.79 Å². The molecule has 0 spiro atoms. The van der Waals surface area contributed by atoms with Crippen molar-refractivity contribution in [2.24, 2.45) is 0 Å². The first-order valence-electron chi connectivity index (χ1n) is 6.63. The lowest BCUT2D eigenvalue weighted by molar-refractivity contribution is -0.0885. The Morgan fingerprint density at radius 1 is 1.30 bits per heavy atom. The highest BCUT2D eigenvalue weighted by Crippen LogP contribution is 2.32. The van der Waals surface area contributed by atoms with Gasteiger partial charge in [0.1, 0.15) is 11.1 Å². The molecule has 0 amide bonds. The van der Waals surface area contributed by atoms with E-state index in [-0.39, 0.29) is 11.3 Å². The third-order valence-electron chi connectivity index (χ3n) is 2.94. The lowest BCUT2D eigenvalue weighted by Crippen LogP contribution is -2.24. The van der Waals surface area contributed by atoms with E-state index in [1.165, 1.54) is 11.8 Å². The van der Waals surface area contributed by atoms with E-state index >= 15 is 0 Å². The second-order valence-electron chi connectivity index (χ2n) is 4.47. The SMILES string of the molecule is CCSc1nc(-c2ccccc2)c(C(=O)C(F)(F)F)cc1C#N. The number of carbonyl (C=O) groups excluding carboxylic acids is 1. The summed E-state index contributed by atoms with van der Waals surface area (Å²) >= 11 is 1.24. The maximum absolute atomic E-state index is 12.8. The minimum Gasteiger partial charge on any atom is -0.284 e. The number of benzene rings is 1. The van der Waals surface area contributed by atoms with E-state index < -0.39 is 17.5 Å². The molecular formula is C16H11F3N2OS. The molecule has 3 nitrogen and oxygen atoms in total. The van der Waals surface area contributed by atoms with Gasteiger partial charge < -0.3 is 0 Å². The van der Waals surface area contributed by atoms with E-state index in [4.69, 9.17) is 5.26 Å². The summed E-state index contributed by atoms with van der Waals surface area (Å²) in [7, 11) is 0. The number of aromatic nitrogens is 1. The molecule has 2 rings (SSSR count). The molecular weight excluding hydrogens is 325 g/mol. The van der Waals surface area contributed by atoms with Crippen molar-refractivity contribution >= 4 is 17.5 Å². The van der Waals surface area contributed by atoms with Crippen molar-refractivity contribution in [3.63, 3.8) is 0 Å². The average Bonchev–Trinajstić information content (AvgIpc) is 2.54. The lowest BCUT2D eigenvalue weighted by Gasteiger charge is -2.13. The van der Waals surface area contributed by atoms with E-state index in [0.29, 0.717) is 16.3 Å². The summed E-state index contributed by atoms with van der Waals surface area (Å²) in [5.74, 6) is -1.41. The number of thioether (sulfide) groups is 1. The van der Waals surface area contributed by atoms with Crippen LogP contribution in [0.4, 0.5) is 13.2 Å². The van der Waals surface area contributed by atoms with E-state index in [0.717, 1.165) is 6.07 Å². The van der Waals surface area contributed by atoms with Crippen molar-refractivity contribution in [3.8, 4) is 17.3 Å². The normalized spacial score (nSPS) is 11.1. The van der Waals surface area contributed by atoms with Crippen LogP contribution < -0.4 is 0 Å². The number of rotatable bonds is 4. The second kappa shape index (κ2) is 6.84. The first-order valence-corrected chi connectivity index (χ1v) is 7.62. The van der Waals surface area contributed by atoms with Crippen molar-refractivity contribution in [3.05, 3.63) is 47.5 Å². The molecule has 1 aromatic carbocycles. The molecule has 1 aromatic heterocycles. The molecule has 0 atom stereocenters. The fraction of sp³-hybridized carbons (Fsp3) is 0.188. The summed E-state index contributed by atoms with van der Waals surface area (Å²) in [5, 5.41) is 9.43. The molecule has 2 aromatic rings. The van der Waals surface area contributed by atoms with Gasteiger partial charge >= 0.3 is 6.18 Å². The largest absolute Gasteiger partial charge is 0.454 e. The molecule has 1 heterocycles. The number of alkyl halides is 3. The maximum Gasteiger partial charge on any atom is 0.454 e. The van der Waals surface area contributed by atoms with E-state index in [1.54, 1.807) is 36.4 Å². The Labute approximate surface area is 135 Å². The van der Waals surface area contributed by atoms with Crippen LogP contribution in [0.5, 0.6) is 0 Å². The van der Waals surface area contributed by atoms with Gasteiger partial charge in [0.2, 0.25) is 0 Å². The number of hydrogen-bond acceptors (Lipinski definition) is 4. The third-order valence-corrected chi connectivity index (χ3v) is 3.81. The van der Waals surface area contributed by atoms with Gasteiger partial charge in [-0.05, 0) is 11.8 Å². The summed E-state index contributed by atoms with van der Waals surface area (Å²) < 4.78 is 38.5. The molecule has 0 saturated carbocycles. The number of hydrogen-bond donors (Lipinski definition) is 0. The van der Waals surface area contributed by atoms with Crippen LogP contribution in [-0.2, 0) is 0 Å². The predicted octanol–water partition coefficient (Wildman–Crippen LogP) is 4.48. The minimum atomic E-state index is -5.03. The molecule has 0 bridgehead atoms. The van der Waals surface area contributed by atoms with Crippen LogP contribution in [0, 0.1) is 11.3 Å². The number of nitriles is 1. The van der Waals surface area contributed by atoms with Gasteiger partial charge in [0.25, 0.3) is 5.78 Å². The fourth-order valence-corrected chi connectivity index (χ4v) is 2.65. The van der Waals surface area contributed by atoms with Crippen molar-refractivity contribution in [2.75, 3.05) is 5.75 Å². The molecule has 0 saturated heterocycles. The number of halogens is 3. The Bertz CT molecular complexity index is 767. The Morgan fingerprint density at radius 3 is 2.48 bits per heavy atom. The molecule has 0 unspecified atom stereocenters. The first kappa shape index (κ1) is 17.0. The van der Waals surface area contributed by atoms with Gasteiger partial charge in [-0.15, -0.1) is 11.8 Å². The third kappa shape index (κ3) is 3.71. The quantitative estimate of drug-likeness (QED) is 0.610. The number of carbonyl (C=O) groups is 1. The van der Waals surface area contributed by atoms with Crippen molar-refractivity contribution in [1.82, 2.24) is 4.98 Å². The Kier molecular flexibility index (Phi) is 5.06. The molecule has 0 radical (unpaired) electrons. The van der Waals surface area contributed by atoms with Crippen molar-refractivity contribution in [1.29, 1.82) is 5.26 Å². The standard InChI is InChI=1S/C16H11F3N2OS/c1-2-23-15-11(9-20)8-12(14(22)16(17,18)19)13(21-15)10-6-4-3-5-7-10/h3-8H,2H2,1H3. The summed E-state index contributed by atoms with van der Waals surface area (Å²) in [6, 6.07) is 10.9. The van der Waals surface area contributed by atoms with Crippen LogP contribution in [0.25, 0.3) is 11.3 Å². The highest BCUT2D eigenvalue weighted by Gasteiger charge is 2.41. The fourth-order valence-electron chi connectivity index (χ4n) is 1.97. The summed E-state index contributed by atoms with van der Waals surface area (Å²) in [5.41, 5.74) is -0.324. The maximum atomic E-state index is 12.8. The van der Waals surface area contributed by atoms with E-state index in [2.05, 4.69) is 4.98 Å². The molecule has 0 fully saturated rings. The topological polar surface area (TPSA) is 53.8 Å². The zero-order valence-corrected chi connectivity index (χ0v) is 12.8. The number of ketones is 1. The van der Waals surface area contributed by atoms with Crippen LogP contribution in [0.2, 0.25) is 0 Å². The number of Topliss-reactive ketones (excluding diaryl/α,β-unsaturated/α-hetero) is 1. The van der Waals surface area contributed by atoms with Crippen LogP contribution in [-0.4, -0.2) is 22.7 Å². The van der Waals surface area contributed by atoms with Crippen molar-refractivity contribution < 1.29 is 18.0 Å². The molecule has 0 aliphatic rings. The van der Waals surface area contributed by atoms with Gasteiger partial charge in [-0.2, -0.15) is 18.4 Å². The summed E-state index contributed by atoms with van der Waals surface area (Å²) in [6.45, 7) is 1.84. The van der Waals surface area contributed by atoms with Gasteiger partial charge in [0, 0.05) is 5.56 Å². The van der Waals surface area contributed by atoms with Crippen LogP contribution >= 0.6 is 11.8 Å². The molecule has 23 heavy (non-hydrogen) atoms. The summed E-state index contributed by atoms with van der Waals surface area (Å²) in [4.78, 5) is 15.9. The highest BCUT2D eigenvalue weighted by atomic mass is 32.2. The monoisotopic (exact) mass is 336 g/mol. The second-order valence-corrected chi connectivity index (χ2v) is 5.73. The smallest absolute Gasteiger partial charge is 0.284 e. The molecule has 0 aliphatic carbocycles. The Balaban J connectivity index is 2.73. The summed E-state index contributed by atoms with van der Waals surface area (Å²) in [6.07, 6.45) is -5.03. The molecule has 0 aliphatic heterocycles. The Morgan fingerprint density at radius 2 is 1.96 bits per heavy atom. The predicted molar refractivity (Wildman–Crippen MR) is 81.2 cm³/mol. The number of pyridine rings is 1. The van der Waals surface area contributed by atoms with Crippen LogP contribution in [0.15, 0.2) is 41.4 Å². The van der Waals surface area contributed by atoms with E-state index in [1.807, 2.05) is 6.92 Å². The van der Waals surface area contributed by atoms with Crippen LogP contribution in [0.3, 0.4) is 0 Å². The highest BCUT2D eigenvalue weighted by molar-refractivity contribution is 7.99. The Hall–Kier alpha value is -2.33. The molecule has 0 N–H and O–H groups in total. The van der Waals surface area contributed by atoms with Gasteiger partial charge in [-0.1, -0.05) is 37.3 Å². The molecule has 7 heteroatoms. The molecule has 118 valence electrons. The van der Waals surface area contributed by atoms with Gasteiger partial charge in [0.05, 0.1) is 16.8 Å². The van der Waals surface area contributed by atoms with Crippen molar-refractivity contribution in [2.45, 2.75) is 18.1 Å². The zero-order chi connectivity index (χ0) is 17.0. The van der Waals surface area contributed by atoms with Gasteiger partial charge in [-0.25, -0.2) is 4.98 Å². The zero-order valence-electron chi connectivity index (χ0n) is 12.0. The number of nitrogens with zero attached hydrogens (tertiary/aromatic N) is 2. The lowest BCUT2D eigenvalue weighted by atomic mass is 10.0. The van der Waals surface area contributed by atoms with E-state index in [9.17, 15) is 18.0 Å². The minimum absolute atomic E-state index is 0.0378. The average molecular weight is 336 g/mol. The first-order chi connectivity index (χ1) is 10.9. The van der Waals surface area contributed by atoms with Gasteiger partial charge in [0.15, 0.2) is 0 Å². The van der Waals surface area contributed by atoms with Crippen LogP contribution in [0.1, 0.15) is 22.8 Å².